The second kappa shape index (κ2) is 4.93. The summed E-state index contributed by atoms with van der Waals surface area (Å²) in [5, 5.41) is 0. The van der Waals surface area contributed by atoms with Gasteiger partial charge in [-0.25, -0.2) is 4.79 Å². The highest BCUT2D eigenvalue weighted by atomic mass is 16.7. The van der Waals surface area contributed by atoms with Gasteiger partial charge in [-0.2, -0.15) is 0 Å². The quantitative estimate of drug-likeness (QED) is 0.464. The Bertz CT molecular complexity index is 847. The van der Waals surface area contributed by atoms with Crippen LogP contribution in [0, 0.1) is 5.92 Å². The molecule has 1 saturated carbocycles. The van der Waals surface area contributed by atoms with E-state index in [0.717, 1.165) is 24.7 Å². The average Bonchev–Trinajstić information content (AvgIpc) is 2.82. The minimum absolute atomic E-state index is 0.362. The zero-order valence-electron chi connectivity index (χ0n) is 15.6. The van der Waals surface area contributed by atoms with Crippen molar-refractivity contribution in [1.82, 2.24) is 0 Å². The van der Waals surface area contributed by atoms with E-state index in [2.05, 4.69) is 19.9 Å². The molecule has 2 heterocycles. The lowest BCUT2D eigenvalue weighted by molar-refractivity contribution is -0.126. The first-order chi connectivity index (χ1) is 12.3. The first-order valence-electron chi connectivity index (χ1n) is 9.40. The highest BCUT2D eigenvalue weighted by Gasteiger charge is 2.69. The Hall–Kier alpha value is -1.79. The third kappa shape index (κ3) is 1.97. The zero-order chi connectivity index (χ0) is 18.3. The summed E-state index contributed by atoms with van der Waals surface area (Å²) in [7, 11) is -0.555. The summed E-state index contributed by atoms with van der Waals surface area (Å²) in [6, 6.07) is 5.45. The van der Waals surface area contributed by atoms with Crippen molar-refractivity contribution in [2.24, 2.45) is 5.92 Å². The van der Waals surface area contributed by atoms with Gasteiger partial charge in [0.15, 0.2) is 0 Å². The maximum Gasteiger partial charge on any atom is 0.499 e. The molecule has 1 spiro atoms. The standard InChI is InChI=1S/C20H23BO5/c1-5-12-9-13-11-20(10-12)19(13,4)25-21(26-20)15-8-6-7-14-16(15)23-18(2,3)24-17(14)22/h6-8,11-12H,5,9-10H2,1-4H3/t12?,19-,20?/m0/s1. The molecule has 0 radical (unpaired) electrons. The maximum atomic E-state index is 12.3. The molecule has 136 valence electrons. The molecule has 5 nitrogen and oxygen atoms in total. The van der Waals surface area contributed by atoms with Crippen LogP contribution in [-0.2, 0) is 14.0 Å². The van der Waals surface area contributed by atoms with E-state index in [1.807, 2.05) is 12.1 Å². The molecule has 5 aliphatic rings. The molecule has 1 saturated heterocycles. The van der Waals surface area contributed by atoms with Gasteiger partial charge in [0.2, 0.25) is 5.79 Å². The second-order valence-electron chi connectivity index (χ2n) is 8.46. The fraction of sp³-hybridized carbons (Fsp3) is 0.550. The molecule has 2 fully saturated rings. The molecule has 0 amide bonds. The van der Waals surface area contributed by atoms with E-state index in [4.69, 9.17) is 18.8 Å². The van der Waals surface area contributed by atoms with Crippen LogP contribution in [0.5, 0.6) is 5.75 Å². The van der Waals surface area contributed by atoms with E-state index >= 15 is 0 Å². The number of rotatable bonds is 2. The number of esters is 1. The predicted octanol–water partition coefficient (Wildman–Crippen LogP) is 2.97. The molecule has 2 unspecified atom stereocenters. The summed E-state index contributed by atoms with van der Waals surface area (Å²) in [6.07, 6.45) is 5.44. The predicted molar refractivity (Wildman–Crippen MR) is 96.4 cm³/mol. The van der Waals surface area contributed by atoms with Gasteiger partial charge < -0.3 is 18.8 Å². The van der Waals surface area contributed by atoms with Crippen molar-refractivity contribution < 1.29 is 23.6 Å². The molecule has 0 N–H and O–H groups in total. The van der Waals surface area contributed by atoms with E-state index in [-0.39, 0.29) is 17.2 Å². The fourth-order valence-electron chi connectivity index (χ4n) is 4.85. The van der Waals surface area contributed by atoms with Gasteiger partial charge in [0, 0.05) is 19.3 Å². The number of para-hydroxylation sites is 1. The van der Waals surface area contributed by atoms with Crippen molar-refractivity contribution in [3.05, 3.63) is 35.4 Å². The van der Waals surface area contributed by atoms with E-state index in [9.17, 15) is 4.79 Å². The molecular weight excluding hydrogens is 331 g/mol. The van der Waals surface area contributed by atoms with Gasteiger partial charge in [-0.05, 0) is 43.4 Å². The minimum Gasteiger partial charge on any atom is -0.452 e. The molecule has 1 aromatic rings. The van der Waals surface area contributed by atoms with Gasteiger partial charge in [-0.1, -0.05) is 25.5 Å². The lowest BCUT2D eigenvalue weighted by Gasteiger charge is -2.56. The summed E-state index contributed by atoms with van der Waals surface area (Å²) in [5.41, 5.74) is 1.77. The van der Waals surface area contributed by atoms with Crippen LogP contribution in [0.3, 0.4) is 0 Å². The van der Waals surface area contributed by atoms with Crippen molar-refractivity contribution >= 4 is 18.6 Å². The van der Waals surface area contributed by atoms with E-state index < -0.39 is 12.9 Å². The zero-order valence-corrected chi connectivity index (χ0v) is 15.6. The Morgan fingerprint density at radius 3 is 2.77 bits per heavy atom. The third-order valence-electron chi connectivity index (χ3n) is 6.37. The molecular formula is C20H23BO5. The first-order valence-corrected chi connectivity index (χ1v) is 9.40. The van der Waals surface area contributed by atoms with Gasteiger partial charge in [0.05, 0.1) is 0 Å². The van der Waals surface area contributed by atoms with Crippen LogP contribution in [-0.4, -0.2) is 30.1 Å². The number of hydrogen-bond acceptors (Lipinski definition) is 5. The van der Waals surface area contributed by atoms with Crippen LogP contribution >= 0.6 is 0 Å². The second-order valence-corrected chi connectivity index (χ2v) is 8.46. The van der Waals surface area contributed by atoms with Crippen LogP contribution in [0.2, 0.25) is 0 Å². The summed E-state index contributed by atoms with van der Waals surface area (Å²) < 4.78 is 24.2. The molecule has 26 heavy (non-hydrogen) atoms. The van der Waals surface area contributed by atoms with Gasteiger partial charge in [-0.3, -0.25) is 0 Å². The summed E-state index contributed by atoms with van der Waals surface area (Å²) in [5.74, 6) is -0.245. The SMILES string of the molecule is CCC1CC2=CC3(C1)OB(c1cccc4c1OC(C)(C)OC4=O)O[C@@]23C. The van der Waals surface area contributed by atoms with Crippen LogP contribution in [0.1, 0.15) is 57.3 Å². The third-order valence-corrected chi connectivity index (χ3v) is 6.37. The number of fused-ring (bicyclic) bond motifs is 3. The topological polar surface area (TPSA) is 54.0 Å². The molecule has 3 atom stereocenters. The van der Waals surface area contributed by atoms with Gasteiger partial charge in [0.25, 0.3) is 0 Å². The molecule has 6 rings (SSSR count). The number of carbonyl (C=O) groups is 1. The Morgan fingerprint density at radius 1 is 1.19 bits per heavy atom. The normalized spacial score (nSPS) is 36.3. The molecule has 0 aromatic heterocycles. The minimum atomic E-state index is -1.01. The smallest absolute Gasteiger partial charge is 0.452 e. The van der Waals surface area contributed by atoms with Crippen LogP contribution in [0.25, 0.3) is 0 Å². The Labute approximate surface area is 153 Å². The van der Waals surface area contributed by atoms with Crippen molar-refractivity contribution in [2.45, 2.75) is 63.9 Å². The molecule has 6 heteroatoms. The largest absolute Gasteiger partial charge is 0.499 e. The average molecular weight is 354 g/mol. The number of ether oxygens (including phenoxy) is 2. The molecule has 2 aliphatic heterocycles. The van der Waals surface area contributed by atoms with Crippen LogP contribution in [0.4, 0.5) is 0 Å². The highest BCUT2D eigenvalue weighted by molar-refractivity contribution is 6.63. The Kier molecular flexibility index (Phi) is 3.11. The number of carbonyl (C=O) groups excluding carboxylic acids is 1. The van der Waals surface area contributed by atoms with Crippen LogP contribution < -0.4 is 10.2 Å². The van der Waals surface area contributed by atoms with Crippen LogP contribution in [0.15, 0.2) is 29.8 Å². The van der Waals surface area contributed by atoms with Gasteiger partial charge >= 0.3 is 13.1 Å². The fourth-order valence-corrected chi connectivity index (χ4v) is 4.85. The highest BCUT2D eigenvalue weighted by Crippen LogP contribution is 2.61. The van der Waals surface area contributed by atoms with E-state index in [0.29, 0.717) is 17.2 Å². The number of hydrogen-bond donors (Lipinski definition) is 0. The molecule has 2 bridgehead atoms. The summed E-state index contributed by atoms with van der Waals surface area (Å²) in [6.45, 7) is 7.81. The monoisotopic (exact) mass is 354 g/mol. The Balaban J connectivity index is 1.53. The van der Waals surface area contributed by atoms with Crippen molar-refractivity contribution in [3.8, 4) is 5.75 Å². The van der Waals surface area contributed by atoms with E-state index in [1.165, 1.54) is 5.57 Å². The lowest BCUT2D eigenvalue weighted by atomic mass is 9.56. The Morgan fingerprint density at radius 2 is 2.00 bits per heavy atom. The van der Waals surface area contributed by atoms with Gasteiger partial charge in [-0.15, -0.1) is 0 Å². The van der Waals surface area contributed by atoms with E-state index in [1.54, 1.807) is 19.9 Å². The van der Waals surface area contributed by atoms with Gasteiger partial charge in [0.1, 0.15) is 22.5 Å². The van der Waals surface area contributed by atoms with Crippen molar-refractivity contribution in [3.63, 3.8) is 0 Å². The molecule has 3 aliphatic carbocycles. The lowest BCUT2D eigenvalue weighted by Crippen LogP contribution is -2.61. The number of benzene rings is 1. The number of cyclic esters (lactones) is 1. The summed E-state index contributed by atoms with van der Waals surface area (Å²) >= 11 is 0. The van der Waals surface area contributed by atoms with Crippen molar-refractivity contribution in [2.75, 3.05) is 0 Å². The maximum absolute atomic E-state index is 12.3. The summed E-state index contributed by atoms with van der Waals surface area (Å²) in [4.78, 5) is 12.3. The molecule has 1 aromatic carbocycles. The van der Waals surface area contributed by atoms with Crippen molar-refractivity contribution in [1.29, 1.82) is 0 Å². The first kappa shape index (κ1) is 16.4.